The molecule has 0 N–H and O–H groups in total. The summed E-state index contributed by atoms with van der Waals surface area (Å²) >= 11 is 3.52. The van der Waals surface area contributed by atoms with Gasteiger partial charge in [-0.15, -0.1) is 0 Å². The van der Waals surface area contributed by atoms with Gasteiger partial charge in [0.1, 0.15) is 0 Å². The molecule has 142 valence electrons. The molecule has 2 atom stereocenters. The Morgan fingerprint density at radius 2 is 2.00 bits per heavy atom. The largest absolute Gasteiger partial charge is 0.410 e. The lowest BCUT2D eigenvalue weighted by Crippen LogP contribution is -2.44. The summed E-state index contributed by atoms with van der Waals surface area (Å²) in [5.41, 5.74) is 1.09. The fraction of sp³-hybridized carbons (Fsp3) is 0.667. The van der Waals surface area contributed by atoms with Gasteiger partial charge in [-0.2, -0.15) is 0 Å². The Morgan fingerprint density at radius 1 is 1.40 bits per heavy atom. The van der Waals surface area contributed by atoms with Gasteiger partial charge in [0.25, 0.3) is 0 Å². The molecule has 0 aliphatic heterocycles. The summed E-state index contributed by atoms with van der Waals surface area (Å²) in [4.78, 5) is 11.6. The van der Waals surface area contributed by atoms with Gasteiger partial charge in [0.2, 0.25) is 0 Å². The lowest BCUT2D eigenvalue weighted by molar-refractivity contribution is -0.115. The predicted molar refractivity (Wildman–Crippen MR) is 115 cm³/mol. The summed E-state index contributed by atoms with van der Waals surface area (Å²) in [6.07, 6.45) is 8.21. The fourth-order valence-corrected chi connectivity index (χ4v) is 4.93. The molecule has 4 heteroatoms. The van der Waals surface area contributed by atoms with E-state index in [1.165, 1.54) is 0 Å². The monoisotopic (exact) mass is 426 g/mol. The van der Waals surface area contributed by atoms with Gasteiger partial charge in [0.15, 0.2) is 14.1 Å². The van der Waals surface area contributed by atoms with E-state index in [1.807, 2.05) is 0 Å². The first-order valence-electron chi connectivity index (χ1n) is 9.17. The molecule has 0 unspecified atom stereocenters. The Kier molecular flexibility index (Phi) is 7.67. The van der Waals surface area contributed by atoms with Crippen molar-refractivity contribution < 1.29 is 9.22 Å². The Bertz CT molecular complexity index is 557. The van der Waals surface area contributed by atoms with Crippen molar-refractivity contribution in [2.24, 2.45) is 5.41 Å². The van der Waals surface area contributed by atoms with Crippen molar-refractivity contribution in [2.45, 2.75) is 84.0 Å². The maximum atomic E-state index is 11.6. The van der Waals surface area contributed by atoms with E-state index < -0.39 is 8.32 Å². The SMILES string of the molecule is C=C(Br)C[C@@]1(CC[C@H](O[Si](C)(C)C(C)(C)C)C(=C)C)C=CC(=O)CC1. The molecule has 0 saturated heterocycles. The third kappa shape index (κ3) is 6.65. The molecule has 2 nitrogen and oxygen atoms in total. The Labute approximate surface area is 164 Å². The third-order valence-corrected chi connectivity index (χ3v) is 10.5. The Balaban J connectivity index is 2.90. The maximum absolute atomic E-state index is 11.6. The standard InChI is InChI=1S/C21H35BrO2Si/c1-16(2)19(24-25(7,8)20(4,5)6)11-14-21(15-17(3)22)12-9-18(23)10-13-21/h9,12,19H,1,3,10-11,13-15H2,2,4-8H3/t19-,21-/m0/s1. The molecule has 1 aliphatic carbocycles. The second-order valence-corrected chi connectivity index (χ2v) is 15.0. The number of halogens is 1. The summed E-state index contributed by atoms with van der Waals surface area (Å²) in [5.74, 6) is 0.227. The van der Waals surface area contributed by atoms with Crippen LogP contribution in [-0.4, -0.2) is 20.2 Å². The van der Waals surface area contributed by atoms with Gasteiger partial charge in [-0.1, -0.05) is 61.5 Å². The molecule has 0 bridgehead atoms. The lowest BCUT2D eigenvalue weighted by Gasteiger charge is -2.41. The van der Waals surface area contributed by atoms with E-state index in [4.69, 9.17) is 4.43 Å². The van der Waals surface area contributed by atoms with Crippen molar-refractivity contribution in [3.8, 4) is 0 Å². The van der Waals surface area contributed by atoms with Gasteiger partial charge in [0.05, 0.1) is 6.10 Å². The molecule has 0 amide bonds. The van der Waals surface area contributed by atoms with Gasteiger partial charge in [-0.3, -0.25) is 4.79 Å². The highest BCUT2D eigenvalue weighted by atomic mass is 79.9. The van der Waals surface area contributed by atoms with Crippen LogP contribution in [0.5, 0.6) is 0 Å². The average Bonchev–Trinajstić information content (AvgIpc) is 2.44. The van der Waals surface area contributed by atoms with Gasteiger partial charge < -0.3 is 4.43 Å². The molecule has 0 fully saturated rings. The molecule has 0 saturated carbocycles. The van der Waals surface area contributed by atoms with E-state index in [9.17, 15) is 4.79 Å². The van der Waals surface area contributed by atoms with Crippen molar-refractivity contribution in [3.63, 3.8) is 0 Å². The minimum atomic E-state index is -1.84. The quantitative estimate of drug-likeness (QED) is 0.310. The van der Waals surface area contributed by atoms with Crippen LogP contribution in [0, 0.1) is 5.41 Å². The second kappa shape index (κ2) is 8.49. The van der Waals surface area contributed by atoms with Crippen LogP contribution in [0.1, 0.15) is 59.8 Å². The first-order chi connectivity index (χ1) is 11.3. The van der Waals surface area contributed by atoms with Crippen LogP contribution in [0.3, 0.4) is 0 Å². The van der Waals surface area contributed by atoms with Crippen LogP contribution >= 0.6 is 15.9 Å². The molecular weight excluding hydrogens is 392 g/mol. The van der Waals surface area contributed by atoms with Crippen LogP contribution in [0.4, 0.5) is 0 Å². The zero-order valence-corrected chi connectivity index (χ0v) is 19.5. The van der Waals surface area contributed by atoms with E-state index in [0.29, 0.717) is 6.42 Å². The highest BCUT2D eigenvalue weighted by Gasteiger charge is 2.40. The van der Waals surface area contributed by atoms with E-state index in [2.05, 4.69) is 76.0 Å². The normalized spacial score (nSPS) is 22.8. The highest BCUT2D eigenvalue weighted by molar-refractivity contribution is 9.11. The first-order valence-corrected chi connectivity index (χ1v) is 12.9. The molecule has 25 heavy (non-hydrogen) atoms. The van der Waals surface area contributed by atoms with E-state index in [1.54, 1.807) is 6.08 Å². The van der Waals surface area contributed by atoms with Crippen molar-refractivity contribution in [3.05, 3.63) is 35.4 Å². The number of ketones is 1. The predicted octanol–water partition coefficient (Wildman–Crippen LogP) is 6.94. The molecule has 0 aromatic carbocycles. The van der Waals surface area contributed by atoms with Crippen molar-refractivity contribution in [1.29, 1.82) is 0 Å². The molecule has 0 heterocycles. The number of hydrogen-bond acceptors (Lipinski definition) is 2. The van der Waals surface area contributed by atoms with Gasteiger partial charge in [-0.05, 0) is 66.7 Å². The Morgan fingerprint density at radius 3 is 2.40 bits per heavy atom. The fourth-order valence-electron chi connectivity index (χ4n) is 2.99. The summed E-state index contributed by atoms with van der Waals surface area (Å²) in [7, 11) is -1.84. The third-order valence-electron chi connectivity index (χ3n) is 5.73. The van der Waals surface area contributed by atoms with E-state index >= 15 is 0 Å². The second-order valence-electron chi connectivity index (χ2n) is 9.11. The highest BCUT2D eigenvalue weighted by Crippen LogP contribution is 2.43. The van der Waals surface area contributed by atoms with Crippen LogP contribution in [0.15, 0.2) is 35.4 Å². The first kappa shape index (κ1) is 22.6. The molecule has 0 aromatic heterocycles. The average molecular weight is 427 g/mol. The molecule has 1 rings (SSSR count). The molecule has 0 radical (unpaired) electrons. The summed E-state index contributed by atoms with van der Waals surface area (Å²) in [6, 6.07) is 0. The number of rotatable bonds is 8. The molecular formula is C21H35BrO2Si. The number of hydrogen-bond donors (Lipinski definition) is 0. The van der Waals surface area contributed by atoms with Crippen molar-refractivity contribution in [1.82, 2.24) is 0 Å². The number of carbonyl (C=O) groups excluding carboxylic acids is 1. The van der Waals surface area contributed by atoms with E-state index in [-0.39, 0.29) is 22.3 Å². The van der Waals surface area contributed by atoms with Crippen LogP contribution in [-0.2, 0) is 9.22 Å². The Hall–Kier alpha value is -0.453. The van der Waals surface area contributed by atoms with Crippen LogP contribution in [0.2, 0.25) is 18.1 Å². The van der Waals surface area contributed by atoms with Crippen molar-refractivity contribution in [2.75, 3.05) is 0 Å². The molecule has 0 aromatic rings. The van der Waals surface area contributed by atoms with Crippen LogP contribution in [0.25, 0.3) is 0 Å². The lowest BCUT2D eigenvalue weighted by atomic mass is 9.72. The molecule has 0 spiro atoms. The van der Waals surface area contributed by atoms with Gasteiger partial charge in [0, 0.05) is 6.42 Å². The van der Waals surface area contributed by atoms with Gasteiger partial charge >= 0.3 is 0 Å². The minimum absolute atomic E-state index is 0.00101. The smallest absolute Gasteiger partial charge is 0.192 e. The number of allylic oxidation sites excluding steroid dienone is 3. The zero-order chi connectivity index (χ0) is 19.5. The van der Waals surface area contributed by atoms with Gasteiger partial charge in [-0.25, -0.2) is 0 Å². The van der Waals surface area contributed by atoms with E-state index in [0.717, 1.165) is 35.7 Å². The minimum Gasteiger partial charge on any atom is -0.410 e. The number of carbonyl (C=O) groups is 1. The summed E-state index contributed by atoms with van der Waals surface area (Å²) < 4.78 is 7.63. The zero-order valence-electron chi connectivity index (χ0n) is 16.9. The summed E-state index contributed by atoms with van der Waals surface area (Å²) in [5, 5.41) is 0.180. The van der Waals surface area contributed by atoms with Crippen LogP contribution < -0.4 is 0 Å². The summed E-state index contributed by atoms with van der Waals surface area (Å²) in [6.45, 7) is 21.6. The maximum Gasteiger partial charge on any atom is 0.192 e. The van der Waals surface area contributed by atoms with Crippen molar-refractivity contribution >= 4 is 30.0 Å². The topological polar surface area (TPSA) is 26.3 Å². The molecule has 1 aliphatic rings.